The van der Waals surface area contributed by atoms with E-state index in [-0.39, 0.29) is 5.41 Å². The van der Waals surface area contributed by atoms with Gasteiger partial charge in [0.25, 0.3) is 0 Å². The van der Waals surface area contributed by atoms with Gasteiger partial charge in [-0.15, -0.1) is 0 Å². The quantitative estimate of drug-likeness (QED) is 0.846. The van der Waals surface area contributed by atoms with E-state index < -0.39 is 0 Å². The molecule has 0 saturated heterocycles. The third-order valence-electron chi connectivity index (χ3n) is 3.55. The number of halogens is 2. The van der Waals surface area contributed by atoms with Gasteiger partial charge in [-0.05, 0) is 30.5 Å². The predicted molar refractivity (Wildman–Crippen MR) is 67.5 cm³/mol. The molecule has 5 heteroatoms. The largest absolute Gasteiger partial charge is 0.280 e. The Bertz CT molecular complexity index is 529. The summed E-state index contributed by atoms with van der Waals surface area (Å²) in [6, 6.07) is 5.76. The minimum atomic E-state index is -0.00225. The molecule has 0 aliphatic heterocycles. The fraction of sp³-hybridized carbons (Fsp3) is 0.333. The highest BCUT2D eigenvalue weighted by Gasteiger charge is 2.42. The van der Waals surface area contributed by atoms with E-state index in [2.05, 4.69) is 15.2 Å². The summed E-state index contributed by atoms with van der Waals surface area (Å²) in [5.74, 6) is 0. The topological polar surface area (TPSA) is 41.6 Å². The molecule has 2 aromatic rings. The van der Waals surface area contributed by atoms with Crippen molar-refractivity contribution in [3.05, 3.63) is 46.0 Å². The molecule has 1 N–H and O–H groups in total. The van der Waals surface area contributed by atoms with E-state index in [9.17, 15) is 0 Å². The van der Waals surface area contributed by atoms with E-state index in [1.54, 1.807) is 0 Å². The fourth-order valence-electron chi connectivity index (χ4n) is 2.45. The second-order valence-corrected chi connectivity index (χ2v) is 5.18. The van der Waals surface area contributed by atoms with Crippen LogP contribution < -0.4 is 0 Å². The van der Waals surface area contributed by atoms with Gasteiger partial charge in [-0.1, -0.05) is 35.7 Å². The van der Waals surface area contributed by atoms with Crippen LogP contribution in [0, 0.1) is 0 Å². The standard InChI is InChI=1S/C12H11Cl2N3/c13-10-3-2-8(7-15-10)12(4-1-5-12)9-6-11(14)17-16-9/h2-3,6-7H,1,4-5H2,(H,16,17). The van der Waals surface area contributed by atoms with Crippen molar-refractivity contribution in [1.29, 1.82) is 0 Å². The summed E-state index contributed by atoms with van der Waals surface area (Å²) < 4.78 is 0. The van der Waals surface area contributed by atoms with Gasteiger partial charge < -0.3 is 0 Å². The lowest BCUT2D eigenvalue weighted by molar-refractivity contribution is 0.292. The van der Waals surface area contributed by atoms with Crippen LogP contribution in [0.3, 0.4) is 0 Å². The van der Waals surface area contributed by atoms with Crippen LogP contribution in [-0.4, -0.2) is 15.2 Å². The van der Waals surface area contributed by atoms with E-state index >= 15 is 0 Å². The van der Waals surface area contributed by atoms with Gasteiger partial charge in [0.15, 0.2) is 5.15 Å². The zero-order valence-corrected chi connectivity index (χ0v) is 10.6. The number of nitrogens with one attached hydrogen (secondary N) is 1. The normalized spacial score (nSPS) is 17.8. The molecule has 0 unspecified atom stereocenters. The van der Waals surface area contributed by atoms with Gasteiger partial charge >= 0.3 is 0 Å². The molecule has 1 aliphatic carbocycles. The molecule has 0 amide bonds. The molecule has 3 rings (SSSR count). The number of hydrogen-bond acceptors (Lipinski definition) is 2. The number of H-pyrrole nitrogens is 1. The molecule has 2 aromatic heterocycles. The van der Waals surface area contributed by atoms with Crippen molar-refractivity contribution in [3.63, 3.8) is 0 Å². The molecule has 0 radical (unpaired) electrons. The Morgan fingerprint density at radius 1 is 1.18 bits per heavy atom. The number of rotatable bonds is 2. The first-order valence-electron chi connectivity index (χ1n) is 5.54. The van der Waals surface area contributed by atoms with Gasteiger partial charge in [0.2, 0.25) is 0 Å². The summed E-state index contributed by atoms with van der Waals surface area (Å²) in [7, 11) is 0. The minimum absolute atomic E-state index is 0.00225. The van der Waals surface area contributed by atoms with E-state index in [0.717, 1.165) is 18.5 Å². The zero-order chi connectivity index (χ0) is 11.9. The third kappa shape index (κ3) is 1.74. The van der Waals surface area contributed by atoms with Gasteiger partial charge in [-0.2, -0.15) is 5.10 Å². The van der Waals surface area contributed by atoms with Crippen LogP contribution in [0.2, 0.25) is 10.3 Å². The van der Waals surface area contributed by atoms with Gasteiger partial charge in [-0.25, -0.2) is 4.98 Å². The lowest BCUT2D eigenvalue weighted by Gasteiger charge is -2.41. The van der Waals surface area contributed by atoms with Gasteiger partial charge in [-0.3, -0.25) is 5.10 Å². The third-order valence-corrected chi connectivity index (χ3v) is 3.97. The molecule has 0 atom stereocenters. The smallest absolute Gasteiger partial charge is 0.151 e. The molecule has 88 valence electrons. The predicted octanol–water partition coefficient (Wildman–Crippen LogP) is 3.58. The summed E-state index contributed by atoms with van der Waals surface area (Å²) in [5.41, 5.74) is 2.24. The molecule has 0 bridgehead atoms. The van der Waals surface area contributed by atoms with Crippen LogP contribution in [0.25, 0.3) is 0 Å². The number of aromatic amines is 1. The van der Waals surface area contributed by atoms with Gasteiger partial charge in [0.1, 0.15) is 5.15 Å². The molecule has 1 fully saturated rings. The van der Waals surface area contributed by atoms with Crippen LogP contribution in [-0.2, 0) is 5.41 Å². The number of pyridine rings is 1. The van der Waals surface area contributed by atoms with Crippen molar-refractivity contribution in [2.24, 2.45) is 0 Å². The summed E-state index contributed by atoms with van der Waals surface area (Å²) in [6.07, 6.45) is 5.24. The molecule has 1 aliphatic rings. The molecule has 0 spiro atoms. The van der Waals surface area contributed by atoms with E-state index in [0.29, 0.717) is 10.3 Å². The Kier molecular flexibility index (Phi) is 2.60. The number of aromatic nitrogens is 3. The molecule has 17 heavy (non-hydrogen) atoms. The van der Waals surface area contributed by atoms with E-state index in [1.165, 1.54) is 12.0 Å². The maximum atomic E-state index is 5.88. The minimum Gasteiger partial charge on any atom is -0.280 e. The summed E-state index contributed by atoms with van der Waals surface area (Å²) >= 11 is 11.7. The Morgan fingerprint density at radius 2 is 2.00 bits per heavy atom. The first kappa shape index (κ1) is 11.1. The van der Waals surface area contributed by atoms with Crippen molar-refractivity contribution in [3.8, 4) is 0 Å². The summed E-state index contributed by atoms with van der Waals surface area (Å²) in [4.78, 5) is 4.16. The van der Waals surface area contributed by atoms with Crippen molar-refractivity contribution < 1.29 is 0 Å². The number of hydrogen-bond donors (Lipinski definition) is 1. The first-order chi connectivity index (χ1) is 8.21. The SMILES string of the molecule is Clc1ccc(C2(c3cc(Cl)n[nH]3)CCC2)cn1. The maximum absolute atomic E-state index is 5.88. The Labute approximate surface area is 109 Å². The zero-order valence-electron chi connectivity index (χ0n) is 9.08. The molecule has 0 aromatic carbocycles. The average molecular weight is 268 g/mol. The van der Waals surface area contributed by atoms with Crippen LogP contribution in [0.1, 0.15) is 30.5 Å². The maximum Gasteiger partial charge on any atom is 0.151 e. The average Bonchev–Trinajstić information content (AvgIpc) is 2.67. The van der Waals surface area contributed by atoms with Gasteiger partial charge in [0.05, 0.1) is 0 Å². The molecular weight excluding hydrogens is 257 g/mol. The van der Waals surface area contributed by atoms with Crippen molar-refractivity contribution in [2.45, 2.75) is 24.7 Å². The van der Waals surface area contributed by atoms with Crippen LogP contribution in [0.5, 0.6) is 0 Å². The summed E-state index contributed by atoms with van der Waals surface area (Å²) in [6.45, 7) is 0. The van der Waals surface area contributed by atoms with Crippen LogP contribution >= 0.6 is 23.2 Å². The molecule has 2 heterocycles. The highest BCUT2D eigenvalue weighted by atomic mass is 35.5. The molecule has 1 saturated carbocycles. The molecular formula is C12H11Cl2N3. The van der Waals surface area contributed by atoms with E-state index in [1.807, 2.05) is 24.4 Å². The Hall–Kier alpha value is -1.06. The second-order valence-electron chi connectivity index (χ2n) is 4.41. The number of nitrogens with zero attached hydrogens (tertiary/aromatic N) is 2. The lowest BCUT2D eigenvalue weighted by Crippen LogP contribution is -2.36. The first-order valence-corrected chi connectivity index (χ1v) is 6.30. The molecule has 3 nitrogen and oxygen atoms in total. The fourth-order valence-corrected chi connectivity index (χ4v) is 2.71. The van der Waals surface area contributed by atoms with Crippen molar-refractivity contribution in [1.82, 2.24) is 15.2 Å². The van der Waals surface area contributed by atoms with E-state index in [4.69, 9.17) is 23.2 Å². The second kappa shape index (κ2) is 4.00. The monoisotopic (exact) mass is 267 g/mol. The highest BCUT2D eigenvalue weighted by Crippen LogP contribution is 2.48. The Balaban J connectivity index is 2.05. The van der Waals surface area contributed by atoms with Crippen molar-refractivity contribution >= 4 is 23.2 Å². The highest BCUT2D eigenvalue weighted by molar-refractivity contribution is 6.29. The van der Waals surface area contributed by atoms with Crippen LogP contribution in [0.15, 0.2) is 24.4 Å². The van der Waals surface area contributed by atoms with Gasteiger partial charge in [0, 0.05) is 17.3 Å². The Morgan fingerprint density at radius 3 is 2.47 bits per heavy atom. The van der Waals surface area contributed by atoms with Crippen LogP contribution in [0.4, 0.5) is 0 Å². The lowest BCUT2D eigenvalue weighted by atomic mass is 9.63. The van der Waals surface area contributed by atoms with Crippen molar-refractivity contribution in [2.75, 3.05) is 0 Å². The summed E-state index contributed by atoms with van der Waals surface area (Å²) in [5, 5.41) is 8.05.